The molecule has 0 aromatic heterocycles. The maximum atomic E-state index is 11.7. The fraction of sp³-hybridized carbons (Fsp3) is 0.385. The zero-order chi connectivity index (χ0) is 13.5. The number of anilines is 1. The number of nitrogens with one attached hydrogen (secondary N) is 1. The van der Waals surface area contributed by atoms with Crippen molar-refractivity contribution in [1.82, 2.24) is 0 Å². The molecule has 0 aliphatic rings. The first-order valence-electron chi connectivity index (χ1n) is 5.75. The van der Waals surface area contributed by atoms with Crippen molar-refractivity contribution >= 4 is 23.2 Å². The summed E-state index contributed by atoms with van der Waals surface area (Å²) < 4.78 is 5.29. The van der Waals surface area contributed by atoms with E-state index >= 15 is 0 Å². The van der Waals surface area contributed by atoms with Gasteiger partial charge in [-0.1, -0.05) is 18.5 Å². The normalized spacial score (nSPS) is 11.4. The van der Waals surface area contributed by atoms with Gasteiger partial charge in [0.05, 0.1) is 17.7 Å². The van der Waals surface area contributed by atoms with Crippen molar-refractivity contribution in [2.75, 3.05) is 11.9 Å². The number of halogens is 1. The minimum atomic E-state index is -0.643. The van der Waals surface area contributed by atoms with E-state index in [1.807, 2.05) is 13.0 Å². The summed E-state index contributed by atoms with van der Waals surface area (Å²) in [7, 11) is 0. The summed E-state index contributed by atoms with van der Waals surface area (Å²) in [5, 5.41) is 11.9. The van der Waals surface area contributed by atoms with E-state index in [9.17, 15) is 4.79 Å². The van der Waals surface area contributed by atoms with E-state index in [0.29, 0.717) is 29.5 Å². The first kappa shape index (κ1) is 14.3. The lowest BCUT2D eigenvalue weighted by atomic mass is 10.1. The number of carbonyl (C=O) groups excluding carboxylic acids is 1. The van der Waals surface area contributed by atoms with Crippen molar-refractivity contribution in [2.45, 2.75) is 20.3 Å². The summed E-state index contributed by atoms with van der Waals surface area (Å²) in [6.07, 6.45) is 0.479. The fourth-order valence-electron chi connectivity index (χ4n) is 1.42. The molecule has 0 heterocycles. The Hall–Kier alpha value is -1.73. The number of hydrogen-bond acceptors (Lipinski definition) is 3. The average molecular weight is 267 g/mol. The van der Waals surface area contributed by atoms with Crippen LogP contribution in [0.4, 0.5) is 5.69 Å². The summed E-state index contributed by atoms with van der Waals surface area (Å²) in [4.78, 5) is 11.7. The van der Waals surface area contributed by atoms with Crippen LogP contribution in [0.3, 0.4) is 0 Å². The molecule has 1 aromatic carbocycles. The molecule has 1 unspecified atom stereocenters. The zero-order valence-electron chi connectivity index (χ0n) is 10.4. The molecule has 18 heavy (non-hydrogen) atoms. The lowest BCUT2D eigenvalue weighted by Gasteiger charge is -2.10. The topological polar surface area (TPSA) is 62.1 Å². The van der Waals surface area contributed by atoms with E-state index in [4.69, 9.17) is 21.6 Å². The summed E-state index contributed by atoms with van der Waals surface area (Å²) in [5.41, 5.74) is 0.558. The first-order chi connectivity index (χ1) is 8.62. The monoisotopic (exact) mass is 266 g/mol. The standard InChI is InChI=1S/C13H15ClN2O2/c1-3-9(8-15)13(17)16-10-5-6-12(18-4-2)11(14)7-10/h5-7,9H,3-4H2,1-2H3,(H,16,17). The Balaban J connectivity index is 2.78. The summed E-state index contributed by atoms with van der Waals surface area (Å²) in [5.74, 6) is -0.389. The molecular formula is C13H15ClN2O2. The highest BCUT2D eigenvalue weighted by Gasteiger charge is 2.15. The first-order valence-corrected chi connectivity index (χ1v) is 6.13. The molecule has 5 heteroatoms. The Labute approximate surface area is 112 Å². The minimum absolute atomic E-state index is 0.319. The van der Waals surface area contributed by atoms with Crippen LogP contribution in [0.25, 0.3) is 0 Å². The largest absolute Gasteiger partial charge is 0.492 e. The molecule has 0 saturated carbocycles. The lowest BCUT2D eigenvalue weighted by molar-refractivity contribution is -0.118. The maximum absolute atomic E-state index is 11.7. The van der Waals surface area contributed by atoms with Crippen molar-refractivity contribution < 1.29 is 9.53 Å². The van der Waals surface area contributed by atoms with Gasteiger partial charge in [-0.15, -0.1) is 0 Å². The molecule has 0 bridgehead atoms. The second-order valence-electron chi connectivity index (χ2n) is 3.66. The van der Waals surface area contributed by atoms with E-state index in [2.05, 4.69) is 5.32 Å². The Morgan fingerprint density at radius 1 is 1.56 bits per heavy atom. The Morgan fingerprint density at radius 3 is 2.78 bits per heavy atom. The van der Waals surface area contributed by atoms with Gasteiger partial charge >= 0.3 is 0 Å². The van der Waals surface area contributed by atoms with Gasteiger partial charge in [-0.2, -0.15) is 5.26 Å². The van der Waals surface area contributed by atoms with Gasteiger partial charge in [0, 0.05) is 5.69 Å². The number of nitrogens with zero attached hydrogens (tertiary/aromatic N) is 1. The molecule has 0 radical (unpaired) electrons. The summed E-state index contributed by atoms with van der Waals surface area (Å²) >= 11 is 6.00. The third kappa shape index (κ3) is 3.64. The molecule has 0 aliphatic heterocycles. The van der Waals surface area contributed by atoms with E-state index in [1.165, 1.54) is 0 Å². The van der Waals surface area contributed by atoms with Gasteiger partial charge in [-0.3, -0.25) is 4.79 Å². The van der Waals surface area contributed by atoms with Gasteiger partial charge in [0.25, 0.3) is 0 Å². The van der Waals surface area contributed by atoms with Gasteiger partial charge in [0.1, 0.15) is 11.7 Å². The van der Waals surface area contributed by atoms with Crippen LogP contribution >= 0.6 is 11.6 Å². The molecule has 1 rings (SSSR count). The molecule has 1 atom stereocenters. The molecule has 0 saturated heterocycles. The van der Waals surface area contributed by atoms with Crippen LogP contribution in [-0.2, 0) is 4.79 Å². The quantitative estimate of drug-likeness (QED) is 0.890. The van der Waals surface area contributed by atoms with Crippen LogP contribution < -0.4 is 10.1 Å². The van der Waals surface area contributed by atoms with Crippen LogP contribution in [0.1, 0.15) is 20.3 Å². The van der Waals surface area contributed by atoms with E-state index < -0.39 is 5.92 Å². The highest BCUT2D eigenvalue weighted by molar-refractivity contribution is 6.32. The number of nitriles is 1. The predicted molar refractivity (Wildman–Crippen MR) is 70.6 cm³/mol. The zero-order valence-corrected chi connectivity index (χ0v) is 11.1. The third-order valence-corrected chi connectivity index (χ3v) is 2.68. The molecule has 96 valence electrons. The molecular weight excluding hydrogens is 252 g/mol. The fourth-order valence-corrected chi connectivity index (χ4v) is 1.65. The Bertz CT molecular complexity index is 469. The average Bonchev–Trinajstić information content (AvgIpc) is 2.34. The molecule has 4 nitrogen and oxygen atoms in total. The molecule has 0 spiro atoms. The smallest absolute Gasteiger partial charge is 0.241 e. The number of ether oxygens (including phenoxy) is 1. The third-order valence-electron chi connectivity index (χ3n) is 2.38. The van der Waals surface area contributed by atoms with Crippen LogP contribution in [0.5, 0.6) is 5.75 Å². The van der Waals surface area contributed by atoms with E-state index in [1.54, 1.807) is 25.1 Å². The molecule has 0 aliphatic carbocycles. The number of hydrogen-bond donors (Lipinski definition) is 1. The lowest BCUT2D eigenvalue weighted by Crippen LogP contribution is -2.20. The Morgan fingerprint density at radius 2 is 2.28 bits per heavy atom. The van der Waals surface area contributed by atoms with Crippen molar-refractivity contribution in [3.8, 4) is 11.8 Å². The van der Waals surface area contributed by atoms with Crippen LogP contribution in [0, 0.1) is 17.2 Å². The number of carbonyl (C=O) groups is 1. The summed E-state index contributed by atoms with van der Waals surface area (Å²) in [6.45, 7) is 4.18. The molecule has 1 aromatic rings. The maximum Gasteiger partial charge on any atom is 0.241 e. The van der Waals surface area contributed by atoms with Gasteiger partial charge < -0.3 is 10.1 Å². The van der Waals surface area contributed by atoms with Gasteiger partial charge in [0.2, 0.25) is 5.91 Å². The second-order valence-corrected chi connectivity index (χ2v) is 4.06. The number of rotatable bonds is 5. The predicted octanol–water partition coefficient (Wildman–Crippen LogP) is 3.23. The molecule has 1 amide bonds. The van der Waals surface area contributed by atoms with Crippen LogP contribution in [0.2, 0.25) is 5.02 Å². The van der Waals surface area contributed by atoms with Crippen molar-refractivity contribution in [3.63, 3.8) is 0 Å². The Kier molecular flexibility index (Phi) is 5.47. The second kappa shape index (κ2) is 6.87. The van der Waals surface area contributed by atoms with Gasteiger partial charge in [-0.25, -0.2) is 0 Å². The molecule has 1 N–H and O–H groups in total. The van der Waals surface area contributed by atoms with Crippen molar-refractivity contribution in [2.24, 2.45) is 5.92 Å². The highest BCUT2D eigenvalue weighted by Crippen LogP contribution is 2.27. The van der Waals surface area contributed by atoms with E-state index in [0.717, 1.165) is 0 Å². The van der Waals surface area contributed by atoms with Gasteiger partial charge in [-0.05, 0) is 31.5 Å². The van der Waals surface area contributed by atoms with Gasteiger partial charge in [0.15, 0.2) is 0 Å². The summed E-state index contributed by atoms with van der Waals surface area (Å²) in [6, 6.07) is 6.94. The number of amides is 1. The SMILES string of the molecule is CCOc1ccc(NC(=O)C(C#N)CC)cc1Cl. The minimum Gasteiger partial charge on any atom is -0.492 e. The number of benzene rings is 1. The van der Waals surface area contributed by atoms with Crippen molar-refractivity contribution in [3.05, 3.63) is 23.2 Å². The molecule has 0 fully saturated rings. The van der Waals surface area contributed by atoms with Crippen LogP contribution in [0.15, 0.2) is 18.2 Å². The van der Waals surface area contributed by atoms with Crippen molar-refractivity contribution in [1.29, 1.82) is 5.26 Å². The van der Waals surface area contributed by atoms with Crippen LogP contribution in [-0.4, -0.2) is 12.5 Å². The van der Waals surface area contributed by atoms with E-state index in [-0.39, 0.29) is 5.91 Å². The highest BCUT2D eigenvalue weighted by atomic mass is 35.5.